The minimum Gasteiger partial charge on any atom is -0.496 e. The highest BCUT2D eigenvalue weighted by Gasteiger charge is 2.11. The summed E-state index contributed by atoms with van der Waals surface area (Å²) in [7, 11) is 3.26. The van der Waals surface area contributed by atoms with Gasteiger partial charge in [-0.2, -0.15) is 0 Å². The zero-order valence-electron chi connectivity index (χ0n) is 11.8. The fraction of sp³-hybridized carbons (Fsp3) is 0.188. The van der Waals surface area contributed by atoms with Gasteiger partial charge in [-0.3, -0.25) is 4.79 Å². The zero-order valence-corrected chi connectivity index (χ0v) is 12.6. The zero-order chi connectivity index (χ0) is 14.5. The summed E-state index contributed by atoms with van der Waals surface area (Å²) in [6, 6.07) is 13.6. The number of hydrogen-bond donors (Lipinski definition) is 1. The monoisotopic (exact) mass is 287 g/mol. The molecule has 1 N–H and O–H groups in total. The Hall–Kier alpha value is -1.94. The van der Waals surface area contributed by atoms with Gasteiger partial charge in [0.05, 0.1) is 7.11 Å². The first-order valence-corrected chi connectivity index (χ1v) is 7.46. The first kappa shape index (κ1) is 14.5. The topological polar surface area (TPSA) is 38.3 Å². The minimum absolute atomic E-state index is 0.102. The van der Waals surface area contributed by atoms with Gasteiger partial charge in [-0.1, -0.05) is 12.1 Å². The number of nitrogens with one attached hydrogen (secondary N) is 1. The number of rotatable bonds is 4. The van der Waals surface area contributed by atoms with Gasteiger partial charge < -0.3 is 10.1 Å². The van der Waals surface area contributed by atoms with Gasteiger partial charge in [-0.15, -0.1) is 11.8 Å². The fourth-order valence-electron chi connectivity index (χ4n) is 2.01. The van der Waals surface area contributed by atoms with E-state index in [9.17, 15) is 4.79 Å². The molecule has 3 nitrogen and oxygen atoms in total. The SMILES string of the molecule is CNC(=O)c1ccc(OC)c(-c2cccc(SC)c2)c1. The molecule has 0 heterocycles. The van der Waals surface area contributed by atoms with Crippen molar-refractivity contribution in [1.29, 1.82) is 0 Å². The molecule has 0 aromatic heterocycles. The van der Waals surface area contributed by atoms with Crippen molar-refractivity contribution in [2.75, 3.05) is 20.4 Å². The number of benzene rings is 2. The molecule has 4 heteroatoms. The molecular formula is C16H17NO2S. The first-order chi connectivity index (χ1) is 9.69. The predicted molar refractivity (Wildman–Crippen MR) is 83.6 cm³/mol. The Bertz CT molecular complexity index is 626. The molecule has 0 spiro atoms. The fourth-order valence-corrected chi connectivity index (χ4v) is 2.47. The summed E-state index contributed by atoms with van der Waals surface area (Å²) >= 11 is 1.69. The van der Waals surface area contributed by atoms with Gasteiger partial charge in [0.25, 0.3) is 5.91 Å². The molecular weight excluding hydrogens is 270 g/mol. The van der Waals surface area contributed by atoms with E-state index >= 15 is 0 Å². The maximum Gasteiger partial charge on any atom is 0.251 e. The van der Waals surface area contributed by atoms with Crippen LogP contribution in [0, 0.1) is 0 Å². The molecule has 0 aliphatic carbocycles. The normalized spacial score (nSPS) is 10.2. The molecule has 0 saturated heterocycles. The van der Waals surface area contributed by atoms with Crippen molar-refractivity contribution < 1.29 is 9.53 Å². The second kappa shape index (κ2) is 6.48. The third kappa shape index (κ3) is 2.96. The summed E-state index contributed by atoms with van der Waals surface area (Å²) in [5, 5.41) is 2.64. The van der Waals surface area contributed by atoms with Crippen LogP contribution >= 0.6 is 11.8 Å². The van der Waals surface area contributed by atoms with Gasteiger partial charge in [-0.05, 0) is 42.2 Å². The highest BCUT2D eigenvalue weighted by Crippen LogP contribution is 2.32. The highest BCUT2D eigenvalue weighted by atomic mass is 32.2. The van der Waals surface area contributed by atoms with Crippen LogP contribution in [0.5, 0.6) is 5.75 Å². The summed E-state index contributed by atoms with van der Waals surface area (Å²) in [6.07, 6.45) is 2.04. The van der Waals surface area contributed by atoms with Crippen molar-refractivity contribution in [2.45, 2.75) is 4.90 Å². The molecule has 20 heavy (non-hydrogen) atoms. The molecule has 0 radical (unpaired) electrons. The standard InChI is InChI=1S/C16H17NO2S/c1-17-16(18)12-7-8-15(19-2)14(10-12)11-5-4-6-13(9-11)20-3/h4-10H,1-3H3,(H,17,18). The lowest BCUT2D eigenvalue weighted by molar-refractivity contribution is 0.0963. The Morgan fingerprint density at radius 1 is 1.20 bits per heavy atom. The second-order valence-corrected chi connectivity index (χ2v) is 5.11. The Balaban J connectivity index is 2.54. The Morgan fingerprint density at radius 2 is 2.00 bits per heavy atom. The van der Waals surface area contributed by atoms with Crippen molar-refractivity contribution in [1.82, 2.24) is 5.32 Å². The van der Waals surface area contributed by atoms with E-state index in [4.69, 9.17) is 4.74 Å². The number of hydrogen-bond acceptors (Lipinski definition) is 3. The smallest absolute Gasteiger partial charge is 0.251 e. The van der Waals surface area contributed by atoms with Crippen molar-refractivity contribution in [3.8, 4) is 16.9 Å². The first-order valence-electron chi connectivity index (χ1n) is 6.24. The molecule has 2 aromatic rings. The molecule has 0 unspecified atom stereocenters. The van der Waals surface area contributed by atoms with Crippen LogP contribution < -0.4 is 10.1 Å². The highest BCUT2D eigenvalue weighted by molar-refractivity contribution is 7.98. The van der Waals surface area contributed by atoms with Gasteiger partial charge in [0, 0.05) is 23.1 Å². The van der Waals surface area contributed by atoms with Crippen LogP contribution in [0.15, 0.2) is 47.4 Å². The molecule has 0 bridgehead atoms. The second-order valence-electron chi connectivity index (χ2n) is 4.23. The van der Waals surface area contributed by atoms with E-state index < -0.39 is 0 Å². The maximum absolute atomic E-state index is 11.8. The van der Waals surface area contributed by atoms with Crippen LogP contribution in [-0.4, -0.2) is 26.3 Å². The quantitative estimate of drug-likeness (QED) is 0.875. The lowest BCUT2D eigenvalue weighted by atomic mass is 10.0. The van der Waals surface area contributed by atoms with E-state index in [1.54, 1.807) is 32.0 Å². The molecule has 0 fully saturated rings. The molecule has 2 rings (SSSR count). The summed E-state index contributed by atoms with van der Waals surface area (Å²) < 4.78 is 5.40. The van der Waals surface area contributed by atoms with Crippen molar-refractivity contribution in [3.63, 3.8) is 0 Å². The van der Waals surface area contributed by atoms with Gasteiger partial charge in [0.15, 0.2) is 0 Å². The number of ether oxygens (including phenoxy) is 1. The lowest BCUT2D eigenvalue weighted by Gasteiger charge is -2.11. The summed E-state index contributed by atoms with van der Waals surface area (Å²) in [4.78, 5) is 12.9. The van der Waals surface area contributed by atoms with Gasteiger partial charge in [0.2, 0.25) is 0 Å². The average Bonchev–Trinajstić information content (AvgIpc) is 2.53. The Kier molecular flexibility index (Phi) is 4.69. The van der Waals surface area contributed by atoms with E-state index in [1.807, 2.05) is 30.5 Å². The van der Waals surface area contributed by atoms with Gasteiger partial charge in [-0.25, -0.2) is 0 Å². The largest absolute Gasteiger partial charge is 0.496 e. The van der Waals surface area contributed by atoms with Gasteiger partial charge >= 0.3 is 0 Å². The predicted octanol–water partition coefficient (Wildman–Crippen LogP) is 3.44. The van der Waals surface area contributed by atoms with Gasteiger partial charge in [0.1, 0.15) is 5.75 Å². The average molecular weight is 287 g/mol. The molecule has 0 atom stereocenters. The van der Waals surface area contributed by atoms with Crippen LogP contribution in [0.2, 0.25) is 0 Å². The molecule has 2 aromatic carbocycles. The van der Waals surface area contributed by atoms with E-state index in [2.05, 4.69) is 17.4 Å². The summed E-state index contributed by atoms with van der Waals surface area (Å²) in [5.41, 5.74) is 2.59. The molecule has 0 saturated carbocycles. The Labute approximate surface area is 123 Å². The van der Waals surface area contributed by atoms with E-state index in [-0.39, 0.29) is 5.91 Å². The third-order valence-corrected chi connectivity index (χ3v) is 3.79. The van der Waals surface area contributed by atoms with Crippen LogP contribution in [0.3, 0.4) is 0 Å². The number of thioether (sulfide) groups is 1. The van der Waals surface area contributed by atoms with Crippen LogP contribution in [0.4, 0.5) is 0 Å². The van der Waals surface area contributed by atoms with Crippen LogP contribution in [0.1, 0.15) is 10.4 Å². The van der Waals surface area contributed by atoms with Crippen molar-refractivity contribution in [3.05, 3.63) is 48.0 Å². The number of carbonyl (C=O) groups is 1. The lowest BCUT2D eigenvalue weighted by Crippen LogP contribution is -2.17. The minimum atomic E-state index is -0.102. The van der Waals surface area contributed by atoms with E-state index in [0.717, 1.165) is 16.9 Å². The van der Waals surface area contributed by atoms with E-state index in [0.29, 0.717) is 5.56 Å². The molecule has 0 aliphatic rings. The molecule has 0 aliphatic heterocycles. The summed E-state index contributed by atoms with van der Waals surface area (Å²) in [6.45, 7) is 0. The van der Waals surface area contributed by atoms with Crippen molar-refractivity contribution in [2.24, 2.45) is 0 Å². The third-order valence-electron chi connectivity index (χ3n) is 3.07. The number of amides is 1. The van der Waals surface area contributed by atoms with Crippen molar-refractivity contribution >= 4 is 17.7 Å². The number of carbonyl (C=O) groups excluding carboxylic acids is 1. The number of methoxy groups -OCH3 is 1. The molecule has 1 amide bonds. The maximum atomic E-state index is 11.8. The van der Waals surface area contributed by atoms with Crippen LogP contribution in [0.25, 0.3) is 11.1 Å². The summed E-state index contributed by atoms with van der Waals surface area (Å²) in [5.74, 6) is 0.658. The molecule has 104 valence electrons. The Morgan fingerprint density at radius 3 is 2.65 bits per heavy atom. The van der Waals surface area contributed by atoms with E-state index in [1.165, 1.54) is 4.90 Å². The van der Waals surface area contributed by atoms with Crippen LogP contribution in [-0.2, 0) is 0 Å².